The van der Waals surface area contributed by atoms with Crippen LogP contribution in [0.4, 0.5) is 4.39 Å². The minimum atomic E-state index is -0.959. The number of hydrogen-bond donors (Lipinski definition) is 0. The molecule has 0 aliphatic carbocycles. The molecule has 1 aliphatic rings. The quantitative estimate of drug-likeness (QED) is 0.517. The van der Waals surface area contributed by atoms with Crippen LogP contribution in [0.5, 0.6) is 0 Å². The van der Waals surface area contributed by atoms with Crippen molar-refractivity contribution in [1.29, 1.82) is 0 Å². The highest BCUT2D eigenvalue weighted by atomic mass is 79.9. The number of carbonyl (C=O) groups excluding carboxylic acids is 2. The van der Waals surface area contributed by atoms with Crippen LogP contribution in [0.3, 0.4) is 0 Å². The monoisotopic (exact) mass is 481 g/mol. The minimum absolute atomic E-state index is 0.156. The van der Waals surface area contributed by atoms with Crippen LogP contribution in [0, 0.1) is 11.7 Å². The average molecular weight is 482 g/mol. The number of carbonyl (C=O) groups is 2. The van der Waals surface area contributed by atoms with E-state index in [0.29, 0.717) is 11.4 Å². The van der Waals surface area contributed by atoms with Gasteiger partial charge in [-0.15, -0.1) is 0 Å². The van der Waals surface area contributed by atoms with E-state index in [2.05, 4.69) is 20.9 Å². The van der Waals surface area contributed by atoms with Crippen LogP contribution in [-0.2, 0) is 19.1 Å². The normalized spacial score (nSPS) is 20.0. The van der Waals surface area contributed by atoms with Gasteiger partial charge in [-0.05, 0) is 82.9 Å². The van der Waals surface area contributed by atoms with Crippen LogP contribution in [0.1, 0.15) is 66.9 Å². The number of esters is 2. The molecule has 1 heterocycles. The molecule has 0 amide bonds. The number of hydrogen-bond acceptors (Lipinski definition) is 5. The number of aliphatic imine (C=N–C) groups is 1. The second-order valence-electron chi connectivity index (χ2n) is 9.39. The molecule has 0 aromatic heterocycles. The Morgan fingerprint density at radius 3 is 2.13 bits per heavy atom. The van der Waals surface area contributed by atoms with Crippen LogP contribution < -0.4 is 0 Å². The third-order valence-corrected chi connectivity index (χ3v) is 5.04. The molecule has 0 bridgehead atoms. The molecule has 30 heavy (non-hydrogen) atoms. The summed E-state index contributed by atoms with van der Waals surface area (Å²) in [4.78, 5) is 30.7. The van der Waals surface area contributed by atoms with Gasteiger partial charge in [0, 0.05) is 17.3 Å². The summed E-state index contributed by atoms with van der Waals surface area (Å²) in [5, 5.41) is 0. The molecule has 0 fully saturated rings. The first-order valence-electron chi connectivity index (χ1n) is 9.78. The fraction of sp³-hybridized carbons (Fsp3) is 0.522. The second kappa shape index (κ2) is 8.61. The highest BCUT2D eigenvalue weighted by Crippen LogP contribution is 2.42. The first-order valence-corrected chi connectivity index (χ1v) is 10.6. The molecular formula is C23H29BrFNO4. The molecule has 0 saturated heterocycles. The zero-order valence-electron chi connectivity index (χ0n) is 18.7. The molecule has 0 saturated carbocycles. The lowest BCUT2D eigenvalue weighted by Gasteiger charge is -2.34. The highest BCUT2D eigenvalue weighted by Gasteiger charge is 2.45. The third-order valence-electron chi connectivity index (χ3n) is 4.42. The van der Waals surface area contributed by atoms with Crippen LogP contribution in [-0.4, -0.2) is 28.9 Å². The van der Waals surface area contributed by atoms with Crippen molar-refractivity contribution in [2.75, 3.05) is 0 Å². The molecule has 164 valence electrons. The largest absolute Gasteiger partial charge is 0.459 e. The maximum Gasteiger partial charge on any atom is 0.337 e. The number of ether oxygens (including phenoxy) is 2. The summed E-state index contributed by atoms with van der Waals surface area (Å²) in [6, 6.07) is 4.80. The fourth-order valence-electron chi connectivity index (χ4n) is 3.40. The molecule has 0 spiro atoms. The molecule has 2 atom stereocenters. The van der Waals surface area contributed by atoms with Gasteiger partial charge < -0.3 is 9.47 Å². The smallest absolute Gasteiger partial charge is 0.337 e. The molecular weight excluding hydrogens is 453 g/mol. The predicted molar refractivity (Wildman–Crippen MR) is 118 cm³/mol. The van der Waals surface area contributed by atoms with E-state index in [1.807, 2.05) is 0 Å². The van der Waals surface area contributed by atoms with Gasteiger partial charge in [-0.25, -0.2) is 9.18 Å². The van der Waals surface area contributed by atoms with E-state index in [1.54, 1.807) is 73.6 Å². The molecule has 2 unspecified atom stereocenters. The minimum Gasteiger partial charge on any atom is -0.459 e. The highest BCUT2D eigenvalue weighted by molar-refractivity contribution is 9.10. The molecule has 0 radical (unpaired) electrons. The van der Waals surface area contributed by atoms with Crippen molar-refractivity contribution in [1.82, 2.24) is 0 Å². The van der Waals surface area contributed by atoms with Gasteiger partial charge in [0.25, 0.3) is 0 Å². The Bertz CT molecular complexity index is 922. The molecule has 1 aliphatic heterocycles. The van der Waals surface area contributed by atoms with E-state index >= 15 is 4.39 Å². The number of nitrogens with zero attached hydrogens (tertiary/aromatic N) is 1. The van der Waals surface area contributed by atoms with Crippen molar-refractivity contribution in [3.63, 3.8) is 0 Å². The average Bonchev–Trinajstić information content (AvgIpc) is 2.53. The Hall–Kier alpha value is -2.02. The van der Waals surface area contributed by atoms with Gasteiger partial charge in [-0.2, -0.15) is 0 Å². The maximum absolute atomic E-state index is 15.2. The van der Waals surface area contributed by atoms with Gasteiger partial charge in [0.15, 0.2) is 0 Å². The van der Waals surface area contributed by atoms with Gasteiger partial charge in [-0.1, -0.05) is 12.1 Å². The van der Waals surface area contributed by atoms with Crippen molar-refractivity contribution < 1.29 is 23.5 Å². The number of rotatable bonds is 3. The van der Waals surface area contributed by atoms with Gasteiger partial charge in [0.2, 0.25) is 0 Å². The van der Waals surface area contributed by atoms with E-state index in [-0.39, 0.29) is 15.6 Å². The van der Waals surface area contributed by atoms with Crippen molar-refractivity contribution >= 4 is 33.6 Å². The Balaban J connectivity index is 2.71. The summed E-state index contributed by atoms with van der Waals surface area (Å²) < 4.78 is 26.6. The first-order chi connectivity index (χ1) is 13.6. The van der Waals surface area contributed by atoms with E-state index in [0.717, 1.165) is 0 Å². The van der Waals surface area contributed by atoms with Crippen LogP contribution >= 0.6 is 15.9 Å². The van der Waals surface area contributed by atoms with Gasteiger partial charge in [-0.3, -0.25) is 9.79 Å². The Morgan fingerprint density at radius 1 is 1.03 bits per heavy atom. The van der Waals surface area contributed by atoms with E-state index < -0.39 is 40.8 Å². The zero-order valence-corrected chi connectivity index (χ0v) is 20.3. The maximum atomic E-state index is 15.2. The van der Waals surface area contributed by atoms with Crippen molar-refractivity contribution in [2.45, 2.75) is 72.5 Å². The SMILES string of the molecule is CC1=NC(C)=C(C(=O)OC(C)(C)C)C(c2cccc(Br)c2F)C1C(=O)OC(C)(C)C. The molecule has 1 aromatic rings. The molecule has 7 heteroatoms. The van der Waals surface area contributed by atoms with E-state index in [9.17, 15) is 9.59 Å². The zero-order chi connectivity index (χ0) is 23.0. The topological polar surface area (TPSA) is 65.0 Å². The predicted octanol–water partition coefficient (Wildman–Crippen LogP) is 5.72. The third kappa shape index (κ3) is 5.56. The summed E-state index contributed by atoms with van der Waals surface area (Å²) in [6.45, 7) is 13.9. The van der Waals surface area contributed by atoms with E-state index in [1.165, 1.54) is 0 Å². The number of allylic oxidation sites excluding steroid dienone is 1. The van der Waals surface area contributed by atoms with E-state index in [4.69, 9.17) is 9.47 Å². The summed E-state index contributed by atoms with van der Waals surface area (Å²) in [5.41, 5.74) is -0.301. The second-order valence-corrected chi connectivity index (χ2v) is 10.2. The Morgan fingerprint density at radius 2 is 1.60 bits per heavy atom. The van der Waals surface area contributed by atoms with Gasteiger partial charge in [0.1, 0.15) is 22.9 Å². The molecule has 0 N–H and O–H groups in total. The summed E-state index contributed by atoms with van der Waals surface area (Å²) in [7, 11) is 0. The van der Waals surface area contributed by atoms with Gasteiger partial charge >= 0.3 is 11.9 Å². The lowest BCUT2D eigenvalue weighted by molar-refractivity contribution is -0.158. The van der Waals surface area contributed by atoms with Crippen molar-refractivity contribution in [2.24, 2.45) is 10.9 Å². The van der Waals surface area contributed by atoms with Crippen LogP contribution in [0.15, 0.2) is 38.9 Å². The summed E-state index contributed by atoms with van der Waals surface area (Å²) >= 11 is 3.20. The Kier molecular flexibility index (Phi) is 6.96. The van der Waals surface area contributed by atoms with Crippen LogP contribution in [0.2, 0.25) is 0 Å². The fourth-order valence-corrected chi connectivity index (χ4v) is 3.78. The Labute approximate surface area is 185 Å². The van der Waals surface area contributed by atoms with Gasteiger partial charge in [0.05, 0.1) is 10.0 Å². The lowest BCUT2D eigenvalue weighted by atomic mass is 9.75. The molecule has 5 nitrogen and oxygen atoms in total. The van der Waals surface area contributed by atoms with Crippen molar-refractivity contribution in [3.8, 4) is 0 Å². The number of halogens is 2. The van der Waals surface area contributed by atoms with Crippen LogP contribution in [0.25, 0.3) is 0 Å². The van der Waals surface area contributed by atoms with Crippen molar-refractivity contribution in [3.05, 3.63) is 45.3 Å². The standard InChI is InChI=1S/C23H29BrFNO4/c1-12-16(20(27)29-22(3,4)5)18(14-10-9-11-15(24)19(14)25)17(13(2)26-12)21(28)30-23(6,7)8/h9-11,16,18H,1-8H3. The first kappa shape index (κ1) is 24.3. The summed E-state index contributed by atoms with van der Waals surface area (Å²) in [6.07, 6.45) is 0. The number of benzene rings is 1. The summed E-state index contributed by atoms with van der Waals surface area (Å²) in [5.74, 6) is -3.63. The molecule has 2 rings (SSSR count). The molecule has 1 aromatic carbocycles. The lowest BCUT2D eigenvalue weighted by Crippen LogP contribution is -2.40.